The number of carbonyl (C=O) groups excluding carboxylic acids is 2. The Kier molecular flexibility index (Phi) is 7.69. The minimum absolute atomic E-state index is 0.0303. The van der Waals surface area contributed by atoms with Crippen molar-refractivity contribution in [1.82, 2.24) is 10.2 Å². The minimum atomic E-state index is -0.927. The molecule has 0 saturated carbocycles. The molecule has 0 aliphatic carbocycles. The molecule has 0 bridgehead atoms. The number of carboxylic acid groups (broad SMARTS) is 1. The second-order valence-corrected chi connectivity index (χ2v) is 6.76. The lowest BCUT2D eigenvalue weighted by Crippen LogP contribution is -2.40. The highest BCUT2D eigenvalue weighted by Gasteiger charge is 2.23. The number of nitrogens with one attached hydrogen (secondary N) is 1. The average Bonchev–Trinajstić information content (AvgIpc) is 2.63. The van der Waals surface area contributed by atoms with E-state index in [0.29, 0.717) is 32.0 Å². The Morgan fingerprint density at radius 1 is 1.22 bits per heavy atom. The van der Waals surface area contributed by atoms with E-state index < -0.39 is 23.5 Å². The van der Waals surface area contributed by atoms with Crippen molar-refractivity contribution in [3.63, 3.8) is 0 Å². The van der Waals surface area contributed by atoms with E-state index in [0.717, 1.165) is 25.0 Å². The largest absolute Gasteiger partial charge is 0.481 e. The van der Waals surface area contributed by atoms with E-state index in [1.807, 2.05) is 0 Å². The van der Waals surface area contributed by atoms with Gasteiger partial charge in [-0.15, -0.1) is 0 Å². The van der Waals surface area contributed by atoms with Crippen molar-refractivity contribution in [2.24, 2.45) is 5.92 Å². The van der Waals surface area contributed by atoms with Gasteiger partial charge in [0.05, 0.1) is 5.56 Å². The lowest BCUT2D eigenvalue weighted by Gasteiger charge is -2.32. The number of likely N-dealkylation sites (tertiary alicyclic amines) is 1. The van der Waals surface area contributed by atoms with Crippen molar-refractivity contribution < 1.29 is 28.3 Å². The van der Waals surface area contributed by atoms with Crippen molar-refractivity contribution >= 4 is 17.8 Å². The molecule has 2 rings (SSSR count). The Morgan fingerprint density at radius 2 is 2.00 bits per heavy atom. The zero-order valence-corrected chi connectivity index (χ0v) is 15.0. The summed E-state index contributed by atoms with van der Waals surface area (Å²) in [6.45, 7) is 1.44. The zero-order chi connectivity index (χ0) is 19.8. The highest BCUT2D eigenvalue weighted by Crippen LogP contribution is 2.21. The Labute approximate surface area is 156 Å². The van der Waals surface area contributed by atoms with Crippen LogP contribution in [0.25, 0.3) is 0 Å². The lowest BCUT2D eigenvalue weighted by atomic mass is 9.93. The van der Waals surface area contributed by atoms with E-state index in [2.05, 4.69) is 5.32 Å². The predicted octanol–water partition coefficient (Wildman–Crippen LogP) is 2.58. The maximum atomic E-state index is 13.5. The van der Waals surface area contributed by atoms with Crippen LogP contribution in [0.3, 0.4) is 0 Å². The molecule has 1 aromatic carbocycles. The highest BCUT2D eigenvalue weighted by atomic mass is 19.1. The number of amides is 2. The number of benzene rings is 1. The van der Waals surface area contributed by atoms with Crippen molar-refractivity contribution in [3.05, 3.63) is 35.4 Å². The van der Waals surface area contributed by atoms with Crippen LogP contribution in [0.4, 0.5) is 8.78 Å². The molecule has 6 nitrogen and oxygen atoms in total. The Hall–Kier alpha value is -2.51. The van der Waals surface area contributed by atoms with Crippen LogP contribution in [-0.4, -0.2) is 47.4 Å². The summed E-state index contributed by atoms with van der Waals surface area (Å²) < 4.78 is 26.4. The molecule has 8 heteroatoms. The van der Waals surface area contributed by atoms with Gasteiger partial charge >= 0.3 is 5.97 Å². The Morgan fingerprint density at radius 3 is 2.70 bits per heavy atom. The summed E-state index contributed by atoms with van der Waals surface area (Å²) in [5.41, 5.74) is -0.236. The average molecular weight is 382 g/mol. The molecule has 1 heterocycles. The summed E-state index contributed by atoms with van der Waals surface area (Å²) >= 11 is 0. The van der Waals surface area contributed by atoms with Crippen LogP contribution < -0.4 is 5.32 Å². The maximum absolute atomic E-state index is 13.5. The number of nitrogens with zero attached hydrogens (tertiary/aromatic N) is 1. The van der Waals surface area contributed by atoms with Gasteiger partial charge in [-0.05, 0) is 43.7 Å². The minimum Gasteiger partial charge on any atom is -0.481 e. The molecular formula is C19H24F2N2O4. The molecule has 1 aliphatic heterocycles. The number of halogens is 2. The van der Waals surface area contributed by atoms with Crippen molar-refractivity contribution in [2.75, 3.05) is 19.6 Å². The zero-order valence-electron chi connectivity index (χ0n) is 15.0. The van der Waals surface area contributed by atoms with Crippen molar-refractivity contribution in [1.29, 1.82) is 0 Å². The second-order valence-electron chi connectivity index (χ2n) is 6.76. The van der Waals surface area contributed by atoms with E-state index in [-0.39, 0.29) is 36.8 Å². The predicted molar refractivity (Wildman–Crippen MR) is 94.1 cm³/mol. The molecule has 1 saturated heterocycles. The third-order valence-corrected chi connectivity index (χ3v) is 4.67. The van der Waals surface area contributed by atoms with Gasteiger partial charge in [-0.25, -0.2) is 8.78 Å². The fourth-order valence-electron chi connectivity index (χ4n) is 3.22. The topological polar surface area (TPSA) is 86.7 Å². The fraction of sp³-hybridized carbons (Fsp3) is 0.526. The molecule has 0 radical (unpaired) electrons. The summed E-state index contributed by atoms with van der Waals surface area (Å²) in [5.74, 6) is -2.97. The van der Waals surface area contributed by atoms with E-state index in [9.17, 15) is 23.2 Å². The molecule has 1 fully saturated rings. The Bertz CT molecular complexity index is 696. The summed E-state index contributed by atoms with van der Waals surface area (Å²) in [5, 5.41) is 11.3. The fourth-order valence-corrected chi connectivity index (χ4v) is 3.22. The number of carboxylic acids is 1. The van der Waals surface area contributed by atoms with Gasteiger partial charge in [0.15, 0.2) is 0 Å². The molecule has 27 heavy (non-hydrogen) atoms. The molecule has 1 aromatic rings. The van der Waals surface area contributed by atoms with E-state index in [4.69, 9.17) is 5.11 Å². The quantitative estimate of drug-likeness (QED) is 0.677. The van der Waals surface area contributed by atoms with Crippen LogP contribution in [0.15, 0.2) is 18.2 Å². The molecule has 0 aromatic heterocycles. The van der Waals surface area contributed by atoms with Crippen LogP contribution in [-0.2, 0) is 9.59 Å². The molecule has 0 spiro atoms. The van der Waals surface area contributed by atoms with Crippen LogP contribution in [0.1, 0.15) is 48.9 Å². The van der Waals surface area contributed by atoms with Gasteiger partial charge < -0.3 is 15.3 Å². The van der Waals surface area contributed by atoms with E-state index >= 15 is 0 Å². The number of piperidine rings is 1. The summed E-state index contributed by atoms with van der Waals surface area (Å²) in [6.07, 6.45) is 3.12. The van der Waals surface area contributed by atoms with Gasteiger partial charge in [0.2, 0.25) is 5.91 Å². The van der Waals surface area contributed by atoms with Crippen LogP contribution in [0.5, 0.6) is 0 Å². The first kappa shape index (κ1) is 20.8. The second kappa shape index (κ2) is 9.99. The SMILES string of the molecule is O=C(O)CCC1CCCN(C(=O)CCCNC(=O)c2ccc(F)cc2F)C1. The van der Waals surface area contributed by atoms with Gasteiger partial charge in [0.1, 0.15) is 11.6 Å². The van der Waals surface area contributed by atoms with E-state index in [1.165, 1.54) is 0 Å². The first-order chi connectivity index (χ1) is 12.9. The standard InChI is InChI=1S/C19H24F2N2O4/c20-14-6-7-15(16(21)11-14)19(27)22-9-1-4-17(24)23-10-2-3-13(12-23)5-8-18(25)26/h6-7,11,13H,1-5,8-10,12H2,(H,22,27)(H,25,26). The number of carbonyl (C=O) groups is 3. The third-order valence-electron chi connectivity index (χ3n) is 4.67. The molecular weight excluding hydrogens is 358 g/mol. The van der Waals surface area contributed by atoms with Gasteiger partial charge in [-0.3, -0.25) is 14.4 Å². The molecule has 1 atom stereocenters. The lowest BCUT2D eigenvalue weighted by molar-refractivity contribution is -0.137. The summed E-state index contributed by atoms with van der Waals surface area (Å²) in [7, 11) is 0. The van der Waals surface area contributed by atoms with E-state index in [1.54, 1.807) is 4.90 Å². The van der Waals surface area contributed by atoms with Gasteiger partial charge in [-0.1, -0.05) is 0 Å². The van der Waals surface area contributed by atoms with Crippen molar-refractivity contribution in [3.8, 4) is 0 Å². The van der Waals surface area contributed by atoms with Gasteiger partial charge in [-0.2, -0.15) is 0 Å². The number of rotatable bonds is 8. The normalized spacial score (nSPS) is 16.8. The smallest absolute Gasteiger partial charge is 0.303 e. The molecule has 2 amide bonds. The van der Waals surface area contributed by atoms with Crippen LogP contribution >= 0.6 is 0 Å². The number of hydrogen-bond donors (Lipinski definition) is 2. The number of aliphatic carboxylic acids is 1. The summed E-state index contributed by atoms with van der Waals surface area (Å²) in [6, 6.07) is 2.74. The summed E-state index contributed by atoms with van der Waals surface area (Å²) in [4.78, 5) is 36.6. The van der Waals surface area contributed by atoms with Crippen LogP contribution in [0, 0.1) is 17.6 Å². The van der Waals surface area contributed by atoms with Gasteiger partial charge in [0.25, 0.3) is 5.91 Å². The first-order valence-electron chi connectivity index (χ1n) is 9.09. The Balaban J connectivity index is 1.70. The molecule has 1 aliphatic rings. The monoisotopic (exact) mass is 382 g/mol. The molecule has 2 N–H and O–H groups in total. The third kappa shape index (κ3) is 6.62. The van der Waals surface area contributed by atoms with Crippen LogP contribution in [0.2, 0.25) is 0 Å². The first-order valence-corrected chi connectivity index (χ1v) is 9.09. The molecule has 148 valence electrons. The molecule has 1 unspecified atom stereocenters. The van der Waals surface area contributed by atoms with Crippen molar-refractivity contribution in [2.45, 2.75) is 38.5 Å². The number of hydrogen-bond acceptors (Lipinski definition) is 3. The maximum Gasteiger partial charge on any atom is 0.303 e. The highest BCUT2D eigenvalue weighted by molar-refractivity contribution is 5.94. The van der Waals surface area contributed by atoms with Gasteiger partial charge in [0, 0.05) is 38.5 Å².